The predicted octanol–water partition coefficient (Wildman–Crippen LogP) is 3.31. The fraction of sp³-hybridized carbons (Fsp3) is 0.133. The number of rotatable bonds is 4. The maximum Gasteiger partial charge on any atom is 0.250 e. The molecule has 0 aliphatic rings. The van der Waals surface area contributed by atoms with E-state index in [1.54, 1.807) is 30.3 Å². The maximum atomic E-state index is 11.2. The van der Waals surface area contributed by atoms with Crippen molar-refractivity contribution < 1.29 is 4.79 Å². The van der Waals surface area contributed by atoms with Crippen molar-refractivity contribution in [1.29, 1.82) is 0 Å². The average molecular weight is 324 g/mol. The highest BCUT2D eigenvalue weighted by atomic mass is 35.5. The molecule has 0 saturated carbocycles. The van der Waals surface area contributed by atoms with Crippen molar-refractivity contribution in [2.45, 2.75) is 6.54 Å². The minimum absolute atomic E-state index is 0.302. The Bertz CT molecular complexity index is 689. The normalized spacial score (nSPS) is 10.4. The van der Waals surface area contributed by atoms with Gasteiger partial charge in [0.25, 0.3) is 0 Å². The molecule has 2 aromatic rings. The zero-order chi connectivity index (χ0) is 15.6. The zero-order valence-electron chi connectivity index (χ0n) is 11.4. The summed E-state index contributed by atoms with van der Waals surface area (Å²) in [5.41, 5.74) is 13.7. The third-order valence-electron chi connectivity index (χ3n) is 3.14. The largest absolute Gasteiger partial charge is 0.399 e. The number of carbonyl (C=O) groups excluding carboxylic acids is 1. The van der Waals surface area contributed by atoms with Crippen molar-refractivity contribution in [2.75, 3.05) is 17.7 Å². The smallest absolute Gasteiger partial charge is 0.250 e. The van der Waals surface area contributed by atoms with Crippen LogP contribution in [0.1, 0.15) is 15.9 Å². The van der Waals surface area contributed by atoms with Crippen LogP contribution in [0.15, 0.2) is 36.4 Å². The van der Waals surface area contributed by atoms with Gasteiger partial charge in [0.2, 0.25) is 5.91 Å². The van der Waals surface area contributed by atoms with E-state index in [4.69, 9.17) is 34.7 Å². The molecule has 0 aliphatic heterocycles. The topological polar surface area (TPSA) is 72.3 Å². The summed E-state index contributed by atoms with van der Waals surface area (Å²) in [6.07, 6.45) is 0. The Kier molecular flexibility index (Phi) is 4.60. The lowest BCUT2D eigenvalue weighted by molar-refractivity contribution is 0.100. The van der Waals surface area contributed by atoms with Gasteiger partial charge in [0, 0.05) is 30.0 Å². The number of hydrogen-bond donors (Lipinski definition) is 2. The molecular formula is C15H15Cl2N3O. The quantitative estimate of drug-likeness (QED) is 0.848. The fourth-order valence-corrected chi connectivity index (χ4v) is 2.45. The van der Waals surface area contributed by atoms with E-state index in [0.717, 1.165) is 11.3 Å². The van der Waals surface area contributed by atoms with E-state index in [9.17, 15) is 4.79 Å². The highest BCUT2D eigenvalue weighted by Gasteiger charge is 2.11. The first-order valence-electron chi connectivity index (χ1n) is 6.23. The number of primary amides is 1. The molecule has 0 radical (unpaired) electrons. The van der Waals surface area contributed by atoms with Gasteiger partial charge in [-0.05, 0) is 42.0 Å². The van der Waals surface area contributed by atoms with E-state index in [1.165, 1.54) is 0 Å². The van der Waals surface area contributed by atoms with Crippen molar-refractivity contribution in [2.24, 2.45) is 5.73 Å². The number of amides is 1. The monoisotopic (exact) mass is 323 g/mol. The Labute approximate surface area is 133 Å². The van der Waals surface area contributed by atoms with Gasteiger partial charge in [0.05, 0.1) is 10.6 Å². The maximum absolute atomic E-state index is 11.2. The van der Waals surface area contributed by atoms with E-state index in [-0.39, 0.29) is 0 Å². The van der Waals surface area contributed by atoms with Crippen molar-refractivity contribution >= 4 is 40.5 Å². The summed E-state index contributed by atoms with van der Waals surface area (Å²) >= 11 is 12.2. The van der Waals surface area contributed by atoms with Crippen LogP contribution >= 0.6 is 23.2 Å². The van der Waals surface area contributed by atoms with Crippen LogP contribution in [0.2, 0.25) is 10.0 Å². The molecule has 1 amide bonds. The summed E-state index contributed by atoms with van der Waals surface area (Å²) in [6.45, 7) is 0.566. The van der Waals surface area contributed by atoms with E-state index < -0.39 is 5.91 Å². The lowest BCUT2D eigenvalue weighted by Gasteiger charge is -2.21. The number of benzene rings is 2. The Morgan fingerprint density at radius 3 is 2.48 bits per heavy atom. The highest BCUT2D eigenvalue weighted by Crippen LogP contribution is 2.26. The van der Waals surface area contributed by atoms with E-state index in [0.29, 0.717) is 27.8 Å². The van der Waals surface area contributed by atoms with Crippen molar-refractivity contribution in [3.63, 3.8) is 0 Å². The van der Waals surface area contributed by atoms with Gasteiger partial charge in [-0.1, -0.05) is 23.2 Å². The van der Waals surface area contributed by atoms with E-state index in [1.807, 2.05) is 18.0 Å². The van der Waals surface area contributed by atoms with Crippen molar-refractivity contribution in [3.8, 4) is 0 Å². The lowest BCUT2D eigenvalue weighted by Crippen LogP contribution is -2.18. The van der Waals surface area contributed by atoms with Gasteiger partial charge >= 0.3 is 0 Å². The second-order valence-corrected chi connectivity index (χ2v) is 5.55. The van der Waals surface area contributed by atoms with Crippen LogP contribution in [0.25, 0.3) is 0 Å². The average Bonchev–Trinajstić information content (AvgIpc) is 2.42. The van der Waals surface area contributed by atoms with Gasteiger partial charge in [-0.3, -0.25) is 4.79 Å². The number of halogens is 2. The number of nitrogen functional groups attached to an aromatic ring is 1. The molecule has 6 heteroatoms. The molecule has 2 aromatic carbocycles. The second-order valence-electron chi connectivity index (χ2n) is 4.74. The van der Waals surface area contributed by atoms with Crippen LogP contribution in [-0.2, 0) is 6.54 Å². The van der Waals surface area contributed by atoms with Gasteiger partial charge in [-0.2, -0.15) is 0 Å². The highest BCUT2D eigenvalue weighted by molar-refractivity contribution is 6.34. The minimum Gasteiger partial charge on any atom is -0.399 e. The van der Waals surface area contributed by atoms with Crippen LogP contribution in [0.4, 0.5) is 11.4 Å². The molecule has 0 heterocycles. The van der Waals surface area contributed by atoms with Gasteiger partial charge in [-0.25, -0.2) is 0 Å². The fourth-order valence-electron chi connectivity index (χ4n) is 2.00. The molecule has 0 fully saturated rings. The first-order chi connectivity index (χ1) is 9.88. The van der Waals surface area contributed by atoms with Crippen molar-refractivity contribution in [3.05, 3.63) is 57.6 Å². The summed E-state index contributed by atoms with van der Waals surface area (Å²) in [5.74, 6) is -0.548. The van der Waals surface area contributed by atoms with Crippen LogP contribution in [0.3, 0.4) is 0 Å². The van der Waals surface area contributed by atoms with E-state index >= 15 is 0 Å². The molecule has 0 spiro atoms. The molecule has 0 aromatic heterocycles. The van der Waals surface area contributed by atoms with Crippen LogP contribution in [0, 0.1) is 0 Å². The third-order valence-corrected chi connectivity index (χ3v) is 3.82. The number of anilines is 2. The Morgan fingerprint density at radius 1 is 1.14 bits per heavy atom. The molecule has 4 nitrogen and oxygen atoms in total. The summed E-state index contributed by atoms with van der Waals surface area (Å²) in [4.78, 5) is 13.1. The molecule has 0 saturated heterocycles. The predicted molar refractivity (Wildman–Crippen MR) is 87.9 cm³/mol. The van der Waals surface area contributed by atoms with Crippen LogP contribution in [0.5, 0.6) is 0 Å². The molecule has 4 N–H and O–H groups in total. The van der Waals surface area contributed by atoms with Gasteiger partial charge in [0.1, 0.15) is 0 Å². The molecule has 0 aliphatic carbocycles. The first-order valence-corrected chi connectivity index (χ1v) is 6.98. The molecule has 2 rings (SSSR count). The number of nitrogens with zero attached hydrogens (tertiary/aromatic N) is 1. The number of hydrogen-bond acceptors (Lipinski definition) is 3. The van der Waals surface area contributed by atoms with E-state index in [2.05, 4.69) is 0 Å². The molecule has 0 bridgehead atoms. The molecule has 110 valence electrons. The summed E-state index contributed by atoms with van der Waals surface area (Å²) < 4.78 is 0. The second kappa shape index (κ2) is 6.24. The standard InChI is InChI=1S/C15H15Cl2N3O/c1-20(8-9-6-10(18)2-5-13(9)16)11-3-4-12(15(19)21)14(17)7-11/h2-7H,8,18H2,1H3,(H2,19,21). The number of carbonyl (C=O) groups is 1. The molecule has 21 heavy (non-hydrogen) atoms. The summed E-state index contributed by atoms with van der Waals surface area (Å²) in [7, 11) is 1.90. The minimum atomic E-state index is -0.548. The molecule has 0 atom stereocenters. The SMILES string of the molecule is CN(Cc1cc(N)ccc1Cl)c1ccc(C(N)=O)c(Cl)c1. The lowest BCUT2D eigenvalue weighted by atomic mass is 10.1. The Balaban J connectivity index is 2.24. The van der Waals surface area contributed by atoms with Gasteiger partial charge in [0.15, 0.2) is 0 Å². The Hall–Kier alpha value is -1.91. The van der Waals surface area contributed by atoms with Gasteiger partial charge < -0.3 is 16.4 Å². The first kappa shape index (κ1) is 15.5. The zero-order valence-corrected chi connectivity index (χ0v) is 12.9. The summed E-state index contributed by atoms with van der Waals surface area (Å²) in [5, 5.41) is 0.974. The Morgan fingerprint density at radius 2 is 1.86 bits per heavy atom. The van der Waals surface area contributed by atoms with Gasteiger partial charge in [-0.15, -0.1) is 0 Å². The van der Waals surface area contributed by atoms with Crippen LogP contribution in [-0.4, -0.2) is 13.0 Å². The van der Waals surface area contributed by atoms with Crippen molar-refractivity contribution in [1.82, 2.24) is 0 Å². The third kappa shape index (κ3) is 3.60. The number of nitrogens with two attached hydrogens (primary N) is 2. The molecular weight excluding hydrogens is 309 g/mol. The van der Waals surface area contributed by atoms with Crippen LogP contribution < -0.4 is 16.4 Å². The summed E-state index contributed by atoms with van der Waals surface area (Å²) in [6, 6.07) is 10.4. The molecule has 0 unspecified atom stereocenters.